The summed E-state index contributed by atoms with van der Waals surface area (Å²) in [5.41, 5.74) is 2.94. The third-order valence-electron chi connectivity index (χ3n) is 4.84. The Morgan fingerprint density at radius 3 is 2.25 bits per heavy atom. The lowest BCUT2D eigenvalue weighted by Crippen LogP contribution is -2.46. The monoisotopic (exact) mass is 441 g/mol. The van der Waals surface area contributed by atoms with E-state index >= 15 is 0 Å². The number of hydrogen-bond donors (Lipinski definition) is 1. The number of nitrogens with one attached hydrogen (secondary N) is 1. The molecule has 0 atom stereocenters. The van der Waals surface area contributed by atoms with Gasteiger partial charge < -0.3 is 4.90 Å². The van der Waals surface area contributed by atoms with E-state index in [1.165, 1.54) is 5.56 Å². The van der Waals surface area contributed by atoms with Crippen molar-refractivity contribution < 1.29 is 8.42 Å². The van der Waals surface area contributed by atoms with E-state index in [1.807, 2.05) is 42.5 Å². The second kappa shape index (κ2) is 9.35. The summed E-state index contributed by atoms with van der Waals surface area (Å²) in [6, 6.07) is 13.4. The van der Waals surface area contributed by atoms with E-state index in [2.05, 4.69) is 14.5 Å². The number of sulfonamides is 1. The highest BCUT2D eigenvalue weighted by Crippen LogP contribution is 2.27. The van der Waals surface area contributed by atoms with Gasteiger partial charge in [0.05, 0.1) is 16.3 Å². The summed E-state index contributed by atoms with van der Waals surface area (Å²) in [5.74, 6) is 0. The van der Waals surface area contributed by atoms with Gasteiger partial charge >= 0.3 is 0 Å². The lowest BCUT2D eigenvalue weighted by molar-refractivity contribution is 0.255. The van der Waals surface area contributed by atoms with E-state index in [4.69, 9.17) is 23.2 Å². The first kappa shape index (κ1) is 21.2. The maximum atomic E-state index is 11.2. The van der Waals surface area contributed by atoms with Crippen LogP contribution in [0.3, 0.4) is 0 Å². The SMILES string of the molecule is CS(=O)(=O)Nc1ccc(CCCN2CCN(c3ccc(Cl)c(Cl)c3)CC2)cc1. The van der Waals surface area contributed by atoms with Gasteiger partial charge in [-0.25, -0.2) is 8.42 Å². The highest BCUT2D eigenvalue weighted by molar-refractivity contribution is 7.92. The minimum atomic E-state index is -3.23. The Kier molecular flexibility index (Phi) is 7.10. The summed E-state index contributed by atoms with van der Waals surface area (Å²) in [6.45, 7) is 5.06. The molecule has 0 radical (unpaired) electrons. The van der Waals surface area contributed by atoms with Gasteiger partial charge in [0.1, 0.15) is 0 Å². The van der Waals surface area contributed by atoms with E-state index in [0.717, 1.165) is 57.5 Å². The largest absolute Gasteiger partial charge is 0.369 e. The van der Waals surface area contributed by atoms with Crippen LogP contribution in [0.15, 0.2) is 42.5 Å². The number of piperazine rings is 1. The van der Waals surface area contributed by atoms with Crippen LogP contribution in [0.2, 0.25) is 10.0 Å². The smallest absolute Gasteiger partial charge is 0.229 e. The molecule has 28 heavy (non-hydrogen) atoms. The van der Waals surface area contributed by atoms with Crippen molar-refractivity contribution in [2.24, 2.45) is 0 Å². The zero-order valence-corrected chi connectivity index (χ0v) is 18.2. The fourth-order valence-corrected chi connectivity index (χ4v) is 4.23. The van der Waals surface area contributed by atoms with Gasteiger partial charge in [-0.1, -0.05) is 35.3 Å². The summed E-state index contributed by atoms with van der Waals surface area (Å²) in [5, 5.41) is 1.18. The first-order chi connectivity index (χ1) is 13.3. The van der Waals surface area contributed by atoms with Gasteiger partial charge in [0.25, 0.3) is 0 Å². The third kappa shape index (κ3) is 6.27. The van der Waals surface area contributed by atoms with Crippen LogP contribution in [0.25, 0.3) is 0 Å². The molecule has 1 aliphatic rings. The van der Waals surface area contributed by atoms with Crippen LogP contribution in [0.1, 0.15) is 12.0 Å². The van der Waals surface area contributed by atoms with Gasteiger partial charge in [-0.15, -0.1) is 0 Å². The molecule has 0 unspecified atom stereocenters. The quantitative estimate of drug-likeness (QED) is 0.701. The minimum Gasteiger partial charge on any atom is -0.369 e. The van der Waals surface area contributed by atoms with Crippen LogP contribution in [0.5, 0.6) is 0 Å². The normalized spacial score (nSPS) is 15.6. The van der Waals surface area contributed by atoms with Crippen molar-refractivity contribution in [1.29, 1.82) is 0 Å². The molecule has 3 rings (SSSR count). The lowest BCUT2D eigenvalue weighted by Gasteiger charge is -2.36. The molecule has 0 aromatic heterocycles. The summed E-state index contributed by atoms with van der Waals surface area (Å²) in [4.78, 5) is 4.82. The van der Waals surface area contributed by atoms with Gasteiger partial charge in [-0.3, -0.25) is 9.62 Å². The van der Waals surface area contributed by atoms with E-state index in [1.54, 1.807) is 0 Å². The Morgan fingerprint density at radius 1 is 0.964 bits per heavy atom. The average Bonchev–Trinajstić information content (AvgIpc) is 2.65. The number of hydrogen-bond acceptors (Lipinski definition) is 4. The van der Waals surface area contributed by atoms with Crippen LogP contribution in [0.4, 0.5) is 11.4 Å². The number of benzene rings is 2. The van der Waals surface area contributed by atoms with E-state index in [9.17, 15) is 8.42 Å². The van der Waals surface area contributed by atoms with Gasteiger partial charge in [-0.05, 0) is 55.3 Å². The van der Waals surface area contributed by atoms with Crippen molar-refractivity contribution in [3.05, 3.63) is 58.1 Å². The van der Waals surface area contributed by atoms with Crippen molar-refractivity contribution in [1.82, 2.24) is 4.90 Å². The number of aryl methyl sites for hydroxylation is 1. The second-order valence-electron chi connectivity index (χ2n) is 7.10. The van der Waals surface area contributed by atoms with E-state index in [-0.39, 0.29) is 0 Å². The molecule has 1 aliphatic heterocycles. The summed E-state index contributed by atoms with van der Waals surface area (Å²) in [7, 11) is -3.23. The number of anilines is 2. The molecule has 0 saturated carbocycles. The molecule has 0 bridgehead atoms. The highest BCUT2D eigenvalue weighted by atomic mass is 35.5. The first-order valence-corrected chi connectivity index (χ1v) is 11.9. The van der Waals surface area contributed by atoms with Crippen LogP contribution in [-0.4, -0.2) is 52.3 Å². The van der Waals surface area contributed by atoms with Crippen LogP contribution >= 0.6 is 23.2 Å². The van der Waals surface area contributed by atoms with Crippen LogP contribution < -0.4 is 9.62 Å². The number of nitrogens with zero attached hydrogens (tertiary/aromatic N) is 2. The Hall–Kier alpha value is -1.47. The lowest BCUT2D eigenvalue weighted by atomic mass is 10.1. The Morgan fingerprint density at radius 2 is 1.64 bits per heavy atom. The van der Waals surface area contributed by atoms with E-state index in [0.29, 0.717) is 15.7 Å². The Labute approximate surface area is 177 Å². The van der Waals surface area contributed by atoms with Gasteiger partial charge in [-0.2, -0.15) is 0 Å². The zero-order chi connectivity index (χ0) is 20.1. The molecule has 5 nitrogen and oxygen atoms in total. The van der Waals surface area contributed by atoms with Crippen molar-refractivity contribution in [2.75, 3.05) is 48.6 Å². The van der Waals surface area contributed by atoms with Crippen molar-refractivity contribution in [3.8, 4) is 0 Å². The topological polar surface area (TPSA) is 52.7 Å². The zero-order valence-electron chi connectivity index (χ0n) is 15.9. The standard InChI is InChI=1S/C20H25Cl2N3O2S/c1-28(26,27)23-17-6-4-16(5-7-17)3-2-10-24-11-13-25(14-12-24)18-8-9-19(21)20(22)15-18/h4-9,15,23H,2-3,10-14H2,1H3. The highest BCUT2D eigenvalue weighted by Gasteiger charge is 2.17. The summed E-state index contributed by atoms with van der Waals surface area (Å²) in [6.07, 6.45) is 3.21. The van der Waals surface area contributed by atoms with E-state index < -0.39 is 10.0 Å². The fourth-order valence-electron chi connectivity index (χ4n) is 3.37. The maximum Gasteiger partial charge on any atom is 0.229 e. The van der Waals surface area contributed by atoms with Gasteiger partial charge in [0.2, 0.25) is 10.0 Å². The summed E-state index contributed by atoms with van der Waals surface area (Å²) < 4.78 is 25.0. The fraction of sp³-hybridized carbons (Fsp3) is 0.400. The maximum absolute atomic E-state index is 11.2. The average molecular weight is 442 g/mol. The molecule has 1 N–H and O–H groups in total. The Bertz CT molecular complexity index is 896. The third-order valence-corrected chi connectivity index (χ3v) is 6.18. The van der Waals surface area contributed by atoms with Crippen LogP contribution in [0, 0.1) is 0 Å². The second-order valence-corrected chi connectivity index (χ2v) is 9.66. The molecule has 1 saturated heterocycles. The Balaban J connectivity index is 1.41. The molecular weight excluding hydrogens is 417 g/mol. The van der Waals surface area contributed by atoms with Crippen LogP contribution in [-0.2, 0) is 16.4 Å². The molecule has 8 heteroatoms. The molecule has 0 spiro atoms. The van der Waals surface area contributed by atoms with Gasteiger partial charge in [0.15, 0.2) is 0 Å². The van der Waals surface area contributed by atoms with Crippen molar-refractivity contribution in [2.45, 2.75) is 12.8 Å². The number of rotatable bonds is 7. The molecule has 0 aliphatic carbocycles. The van der Waals surface area contributed by atoms with Crippen molar-refractivity contribution >= 4 is 44.6 Å². The molecule has 1 fully saturated rings. The predicted molar refractivity (Wildman–Crippen MR) is 118 cm³/mol. The minimum absolute atomic E-state index is 0.587. The number of halogens is 2. The summed E-state index contributed by atoms with van der Waals surface area (Å²) >= 11 is 12.1. The predicted octanol–water partition coefficient (Wildman–Crippen LogP) is 4.12. The molecular formula is C20H25Cl2N3O2S. The van der Waals surface area contributed by atoms with Crippen molar-refractivity contribution in [3.63, 3.8) is 0 Å². The molecule has 152 valence electrons. The molecule has 0 amide bonds. The molecule has 2 aromatic rings. The molecule has 1 heterocycles. The molecule has 2 aromatic carbocycles. The first-order valence-electron chi connectivity index (χ1n) is 9.29. The van der Waals surface area contributed by atoms with Gasteiger partial charge in [0, 0.05) is 37.6 Å².